The second-order valence-electron chi connectivity index (χ2n) is 3.37. The first kappa shape index (κ1) is 15.3. The summed E-state index contributed by atoms with van der Waals surface area (Å²) in [7, 11) is 0. The van der Waals surface area contributed by atoms with Crippen LogP contribution in [0.15, 0.2) is 10.7 Å². The van der Waals surface area contributed by atoms with Crippen LogP contribution in [0.4, 0.5) is 8.78 Å². The maximum absolute atomic E-state index is 12.9. The summed E-state index contributed by atoms with van der Waals surface area (Å²) >= 11 is 8.61. The number of pyridine rings is 1. The maximum Gasteiger partial charge on any atom is 0.310 e. The van der Waals surface area contributed by atoms with Gasteiger partial charge in [-0.2, -0.15) is 0 Å². The summed E-state index contributed by atoms with van der Waals surface area (Å²) in [6.07, 6.45) is -1.46. The molecule has 18 heavy (non-hydrogen) atoms. The molecule has 1 aromatic heterocycles. The van der Waals surface area contributed by atoms with Gasteiger partial charge in [-0.15, -0.1) is 11.6 Å². The van der Waals surface area contributed by atoms with Crippen molar-refractivity contribution in [1.82, 2.24) is 4.98 Å². The second-order valence-corrected chi connectivity index (χ2v) is 4.43. The third-order valence-corrected chi connectivity index (χ3v) is 3.38. The van der Waals surface area contributed by atoms with Gasteiger partial charge >= 0.3 is 5.97 Å². The van der Waals surface area contributed by atoms with Crippen molar-refractivity contribution in [1.29, 1.82) is 0 Å². The van der Waals surface area contributed by atoms with Crippen molar-refractivity contribution in [3.05, 3.63) is 27.5 Å². The van der Waals surface area contributed by atoms with Gasteiger partial charge in [0.15, 0.2) is 0 Å². The molecular formula is C11H11BrClF2NO2. The Kier molecular flexibility index (Phi) is 5.95. The molecule has 0 aliphatic rings. The molecule has 0 atom stereocenters. The SMILES string of the molecule is CCOC(=O)Cc1cnc(CCl)c(C(F)F)c1Br. The number of halogens is 4. The van der Waals surface area contributed by atoms with Crippen LogP contribution in [0.2, 0.25) is 0 Å². The summed E-state index contributed by atoms with van der Waals surface area (Å²) in [6, 6.07) is 0. The lowest BCUT2D eigenvalue weighted by Crippen LogP contribution is -2.10. The monoisotopic (exact) mass is 341 g/mol. The van der Waals surface area contributed by atoms with Gasteiger partial charge in [-0.25, -0.2) is 8.78 Å². The number of ether oxygens (including phenoxy) is 1. The first-order chi connectivity index (χ1) is 8.51. The van der Waals surface area contributed by atoms with E-state index in [-0.39, 0.29) is 34.6 Å². The van der Waals surface area contributed by atoms with E-state index in [2.05, 4.69) is 20.9 Å². The smallest absolute Gasteiger partial charge is 0.310 e. The summed E-state index contributed by atoms with van der Waals surface area (Å²) in [5.74, 6) is -0.600. The fraction of sp³-hybridized carbons (Fsp3) is 0.455. The largest absolute Gasteiger partial charge is 0.466 e. The molecule has 0 aliphatic heterocycles. The van der Waals surface area contributed by atoms with Crippen molar-refractivity contribution in [2.45, 2.75) is 25.7 Å². The lowest BCUT2D eigenvalue weighted by molar-refractivity contribution is -0.142. The standard InChI is InChI=1S/C11H11BrClF2NO2/c1-2-18-8(17)3-6-5-16-7(4-13)9(10(6)12)11(14)15/h5,11H,2-4H2,1H3. The zero-order chi connectivity index (χ0) is 13.7. The Morgan fingerprint density at radius 3 is 2.78 bits per heavy atom. The minimum absolute atomic E-state index is 0.103. The van der Waals surface area contributed by atoms with Crippen LogP contribution in [-0.2, 0) is 21.8 Å². The molecule has 7 heteroatoms. The van der Waals surface area contributed by atoms with E-state index >= 15 is 0 Å². The molecule has 0 bridgehead atoms. The molecule has 0 amide bonds. The van der Waals surface area contributed by atoms with Gasteiger partial charge < -0.3 is 4.74 Å². The highest BCUT2D eigenvalue weighted by Gasteiger charge is 2.21. The van der Waals surface area contributed by atoms with Gasteiger partial charge in [-0.05, 0) is 28.4 Å². The Labute approximate surface area is 117 Å². The molecular weight excluding hydrogens is 331 g/mol. The minimum Gasteiger partial charge on any atom is -0.466 e. The minimum atomic E-state index is -2.71. The predicted molar refractivity (Wildman–Crippen MR) is 66.8 cm³/mol. The summed E-state index contributed by atoms with van der Waals surface area (Å²) in [5, 5.41) is 0. The van der Waals surface area contributed by atoms with Crippen LogP contribution in [0, 0.1) is 0 Å². The fourth-order valence-electron chi connectivity index (χ4n) is 1.40. The average Bonchev–Trinajstić information content (AvgIpc) is 2.31. The fourth-order valence-corrected chi connectivity index (χ4v) is 2.26. The van der Waals surface area contributed by atoms with Gasteiger partial charge in [0.2, 0.25) is 0 Å². The van der Waals surface area contributed by atoms with Gasteiger partial charge in [-0.1, -0.05) is 0 Å². The highest BCUT2D eigenvalue weighted by atomic mass is 79.9. The number of aromatic nitrogens is 1. The first-order valence-corrected chi connectivity index (χ1v) is 6.49. The van der Waals surface area contributed by atoms with E-state index in [1.54, 1.807) is 6.92 Å². The van der Waals surface area contributed by atoms with E-state index in [1.807, 2.05) is 0 Å². The van der Waals surface area contributed by atoms with Crippen LogP contribution in [-0.4, -0.2) is 17.6 Å². The number of alkyl halides is 3. The van der Waals surface area contributed by atoms with Gasteiger partial charge in [0, 0.05) is 10.7 Å². The average molecular weight is 343 g/mol. The van der Waals surface area contributed by atoms with Crippen LogP contribution in [0.3, 0.4) is 0 Å². The number of nitrogens with zero attached hydrogens (tertiary/aromatic N) is 1. The van der Waals surface area contributed by atoms with Gasteiger partial charge in [0.05, 0.1) is 30.2 Å². The van der Waals surface area contributed by atoms with Gasteiger partial charge in [0.1, 0.15) is 0 Å². The van der Waals surface area contributed by atoms with Crippen molar-refractivity contribution >= 4 is 33.5 Å². The summed E-state index contributed by atoms with van der Waals surface area (Å²) < 4.78 is 30.7. The number of hydrogen-bond acceptors (Lipinski definition) is 3. The van der Waals surface area contributed by atoms with E-state index in [0.717, 1.165) is 0 Å². The van der Waals surface area contributed by atoms with Crippen molar-refractivity contribution in [2.75, 3.05) is 6.61 Å². The van der Waals surface area contributed by atoms with Crippen LogP contribution in [0.25, 0.3) is 0 Å². The second kappa shape index (κ2) is 6.99. The molecule has 0 spiro atoms. The van der Waals surface area contributed by atoms with Crippen molar-refractivity contribution in [2.24, 2.45) is 0 Å². The van der Waals surface area contributed by atoms with E-state index in [0.29, 0.717) is 5.56 Å². The van der Waals surface area contributed by atoms with E-state index in [4.69, 9.17) is 16.3 Å². The van der Waals surface area contributed by atoms with Crippen LogP contribution in [0.1, 0.15) is 30.2 Å². The van der Waals surface area contributed by atoms with Crippen LogP contribution in [0.5, 0.6) is 0 Å². The number of hydrogen-bond donors (Lipinski definition) is 0. The molecule has 0 N–H and O–H groups in total. The molecule has 0 saturated heterocycles. The number of carbonyl (C=O) groups excluding carboxylic acids is 1. The molecule has 3 nitrogen and oxygen atoms in total. The van der Waals surface area contributed by atoms with Crippen LogP contribution < -0.4 is 0 Å². The highest BCUT2D eigenvalue weighted by Crippen LogP contribution is 2.33. The van der Waals surface area contributed by atoms with Crippen molar-refractivity contribution < 1.29 is 18.3 Å². The topological polar surface area (TPSA) is 39.2 Å². The molecule has 0 radical (unpaired) electrons. The van der Waals surface area contributed by atoms with Crippen molar-refractivity contribution in [3.8, 4) is 0 Å². The van der Waals surface area contributed by atoms with E-state index in [9.17, 15) is 13.6 Å². The molecule has 1 heterocycles. The zero-order valence-electron chi connectivity index (χ0n) is 9.55. The summed E-state index contributed by atoms with van der Waals surface area (Å²) in [5.41, 5.74) is 0.190. The van der Waals surface area contributed by atoms with Crippen LogP contribution >= 0.6 is 27.5 Å². The number of rotatable bonds is 5. The quantitative estimate of drug-likeness (QED) is 0.606. The molecule has 1 aromatic rings. The van der Waals surface area contributed by atoms with E-state index < -0.39 is 12.4 Å². The Morgan fingerprint density at radius 2 is 2.28 bits per heavy atom. The molecule has 0 aromatic carbocycles. The molecule has 0 fully saturated rings. The third-order valence-electron chi connectivity index (χ3n) is 2.19. The Balaban J connectivity index is 3.08. The lowest BCUT2D eigenvalue weighted by atomic mass is 10.1. The molecule has 0 aliphatic carbocycles. The Bertz CT molecular complexity index is 443. The van der Waals surface area contributed by atoms with E-state index in [1.165, 1.54) is 6.20 Å². The predicted octanol–water partition coefficient (Wildman–Crippen LogP) is 3.63. The van der Waals surface area contributed by atoms with Gasteiger partial charge in [0.25, 0.3) is 6.43 Å². The van der Waals surface area contributed by atoms with Crippen molar-refractivity contribution in [3.63, 3.8) is 0 Å². The molecule has 0 saturated carbocycles. The zero-order valence-corrected chi connectivity index (χ0v) is 11.9. The number of esters is 1. The summed E-state index contributed by atoms with van der Waals surface area (Å²) in [6.45, 7) is 1.91. The van der Waals surface area contributed by atoms with Gasteiger partial charge in [-0.3, -0.25) is 9.78 Å². The Hall–Kier alpha value is -0.750. The molecule has 0 unspecified atom stereocenters. The Morgan fingerprint density at radius 1 is 1.61 bits per heavy atom. The third kappa shape index (κ3) is 3.62. The number of carbonyl (C=O) groups is 1. The lowest BCUT2D eigenvalue weighted by Gasteiger charge is -2.12. The molecule has 100 valence electrons. The maximum atomic E-state index is 12.9. The first-order valence-electron chi connectivity index (χ1n) is 5.17. The highest BCUT2D eigenvalue weighted by molar-refractivity contribution is 9.10. The molecule has 1 rings (SSSR count). The normalized spacial score (nSPS) is 10.8. The summed E-state index contributed by atoms with van der Waals surface area (Å²) in [4.78, 5) is 15.2.